The summed E-state index contributed by atoms with van der Waals surface area (Å²) in [5, 5.41) is 3.31. The van der Waals surface area contributed by atoms with Crippen molar-refractivity contribution >= 4 is 0 Å². The summed E-state index contributed by atoms with van der Waals surface area (Å²) < 4.78 is 33.8. The molecule has 2 aromatic rings. The summed E-state index contributed by atoms with van der Waals surface area (Å²) in [6.07, 6.45) is 4.60. The van der Waals surface area contributed by atoms with Crippen molar-refractivity contribution in [2.45, 2.75) is 25.9 Å². The molecule has 0 aliphatic carbocycles. The molecule has 122 valence electrons. The Bertz CT molecular complexity index is 658. The molecule has 1 aliphatic heterocycles. The number of hydrogen-bond donors (Lipinski definition) is 1. The van der Waals surface area contributed by atoms with E-state index in [1.807, 2.05) is 19.1 Å². The smallest absolute Gasteiger partial charge is 0.168 e. The maximum atomic E-state index is 14.3. The van der Waals surface area contributed by atoms with E-state index in [9.17, 15) is 8.78 Å². The minimum atomic E-state index is -0.651. The predicted octanol–water partition coefficient (Wildman–Crippen LogP) is 3.65. The van der Waals surface area contributed by atoms with Crippen molar-refractivity contribution in [1.82, 2.24) is 10.3 Å². The predicted molar refractivity (Wildman–Crippen MR) is 84.3 cm³/mol. The molecule has 1 fully saturated rings. The SMILES string of the molecule is CCc1cc(F)cc(F)c1O[C@H](c1cccnc1)[C@@H]1CCNC1. The molecule has 0 spiro atoms. The summed E-state index contributed by atoms with van der Waals surface area (Å²) in [4.78, 5) is 4.14. The lowest BCUT2D eigenvalue weighted by Gasteiger charge is -2.26. The van der Waals surface area contributed by atoms with Gasteiger partial charge in [-0.3, -0.25) is 4.98 Å². The van der Waals surface area contributed by atoms with Gasteiger partial charge in [0.25, 0.3) is 0 Å². The molecule has 3 rings (SSSR count). The molecule has 2 atom stereocenters. The number of aromatic nitrogens is 1. The number of benzene rings is 1. The molecule has 0 unspecified atom stereocenters. The van der Waals surface area contributed by atoms with Gasteiger partial charge in [0.1, 0.15) is 11.9 Å². The third kappa shape index (κ3) is 3.50. The second-order valence-electron chi connectivity index (χ2n) is 5.81. The zero-order valence-corrected chi connectivity index (χ0v) is 13.1. The lowest BCUT2D eigenvalue weighted by atomic mass is 9.95. The van der Waals surface area contributed by atoms with Gasteiger partial charge in [-0.1, -0.05) is 13.0 Å². The number of halogens is 2. The largest absolute Gasteiger partial charge is 0.482 e. The van der Waals surface area contributed by atoms with Gasteiger partial charge in [0.15, 0.2) is 11.6 Å². The summed E-state index contributed by atoms with van der Waals surface area (Å²) in [5.74, 6) is -0.850. The second kappa shape index (κ2) is 7.04. The molecule has 5 heteroatoms. The van der Waals surface area contributed by atoms with Gasteiger partial charge < -0.3 is 10.1 Å². The highest BCUT2D eigenvalue weighted by molar-refractivity contribution is 5.36. The maximum absolute atomic E-state index is 14.3. The minimum absolute atomic E-state index is 0.148. The molecule has 1 aromatic heterocycles. The van der Waals surface area contributed by atoms with Crippen molar-refractivity contribution in [3.63, 3.8) is 0 Å². The first-order valence-corrected chi connectivity index (χ1v) is 7.94. The van der Waals surface area contributed by atoms with E-state index >= 15 is 0 Å². The third-order valence-corrected chi connectivity index (χ3v) is 4.25. The number of aryl methyl sites for hydroxylation is 1. The molecule has 0 amide bonds. The molecule has 0 bridgehead atoms. The molecule has 1 aliphatic rings. The van der Waals surface area contributed by atoms with Crippen LogP contribution in [0, 0.1) is 17.6 Å². The Labute approximate surface area is 134 Å². The van der Waals surface area contributed by atoms with E-state index in [1.54, 1.807) is 12.4 Å². The van der Waals surface area contributed by atoms with Gasteiger partial charge in [-0.05, 0) is 37.1 Å². The van der Waals surface area contributed by atoms with Gasteiger partial charge in [-0.2, -0.15) is 0 Å². The molecule has 23 heavy (non-hydrogen) atoms. The molecule has 1 N–H and O–H groups in total. The van der Waals surface area contributed by atoms with E-state index in [1.165, 1.54) is 6.07 Å². The zero-order chi connectivity index (χ0) is 16.2. The van der Waals surface area contributed by atoms with Gasteiger partial charge in [-0.25, -0.2) is 8.78 Å². The van der Waals surface area contributed by atoms with Crippen LogP contribution in [0.1, 0.15) is 30.6 Å². The highest BCUT2D eigenvalue weighted by Gasteiger charge is 2.29. The molecule has 2 heterocycles. The Morgan fingerprint density at radius 1 is 1.39 bits per heavy atom. The van der Waals surface area contributed by atoms with Gasteiger partial charge in [0, 0.05) is 36.5 Å². The molecule has 0 saturated carbocycles. The van der Waals surface area contributed by atoms with Crippen LogP contribution in [0.3, 0.4) is 0 Å². The van der Waals surface area contributed by atoms with Crippen LogP contribution in [0.5, 0.6) is 5.75 Å². The number of nitrogens with zero attached hydrogens (tertiary/aromatic N) is 1. The summed E-state index contributed by atoms with van der Waals surface area (Å²) >= 11 is 0. The van der Waals surface area contributed by atoms with Crippen molar-refractivity contribution in [1.29, 1.82) is 0 Å². The van der Waals surface area contributed by atoms with Crippen molar-refractivity contribution in [3.05, 3.63) is 59.4 Å². The molecular formula is C18H20F2N2O. The minimum Gasteiger partial charge on any atom is -0.482 e. The zero-order valence-electron chi connectivity index (χ0n) is 13.1. The van der Waals surface area contributed by atoms with E-state index in [0.717, 1.165) is 31.1 Å². The maximum Gasteiger partial charge on any atom is 0.168 e. The van der Waals surface area contributed by atoms with Crippen molar-refractivity contribution in [2.75, 3.05) is 13.1 Å². The lowest BCUT2D eigenvalue weighted by molar-refractivity contribution is 0.136. The van der Waals surface area contributed by atoms with Crippen molar-refractivity contribution < 1.29 is 13.5 Å². The number of ether oxygens (including phenoxy) is 1. The van der Waals surface area contributed by atoms with Crippen LogP contribution in [0.15, 0.2) is 36.7 Å². The monoisotopic (exact) mass is 318 g/mol. The van der Waals surface area contributed by atoms with Crippen LogP contribution in [0.2, 0.25) is 0 Å². The van der Waals surface area contributed by atoms with E-state index < -0.39 is 11.6 Å². The fourth-order valence-corrected chi connectivity index (χ4v) is 3.05. The highest BCUT2D eigenvalue weighted by Crippen LogP contribution is 2.35. The highest BCUT2D eigenvalue weighted by atomic mass is 19.1. The molecule has 0 radical (unpaired) electrons. The van der Waals surface area contributed by atoms with E-state index in [2.05, 4.69) is 10.3 Å². The molecule has 1 aromatic carbocycles. The van der Waals surface area contributed by atoms with Crippen LogP contribution < -0.4 is 10.1 Å². The van der Waals surface area contributed by atoms with Crippen LogP contribution >= 0.6 is 0 Å². The van der Waals surface area contributed by atoms with Gasteiger partial charge in [0.2, 0.25) is 0 Å². The molecular weight excluding hydrogens is 298 g/mol. The first kappa shape index (κ1) is 15.9. The van der Waals surface area contributed by atoms with Crippen LogP contribution in [-0.4, -0.2) is 18.1 Å². The average Bonchev–Trinajstić information content (AvgIpc) is 3.08. The van der Waals surface area contributed by atoms with Crippen LogP contribution in [-0.2, 0) is 6.42 Å². The fourth-order valence-electron chi connectivity index (χ4n) is 3.05. The van der Waals surface area contributed by atoms with Crippen LogP contribution in [0.4, 0.5) is 8.78 Å². The van der Waals surface area contributed by atoms with Gasteiger partial charge >= 0.3 is 0 Å². The van der Waals surface area contributed by atoms with E-state index in [0.29, 0.717) is 12.0 Å². The van der Waals surface area contributed by atoms with Crippen LogP contribution in [0.25, 0.3) is 0 Å². The standard InChI is InChI=1S/C18H20F2N2O/c1-2-12-8-15(19)9-16(20)18(12)23-17(14-5-7-22-11-14)13-4-3-6-21-10-13/h3-4,6,8-10,14,17,22H,2,5,7,11H2,1H3/t14-,17-/m1/s1. The molecule has 1 saturated heterocycles. The average molecular weight is 318 g/mol. The number of hydrogen-bond acceptors (Lipinski definition) is 3. The Morgan fingerprint density at radius 2 is 2.26 bits per heavy atom. The van der Waals surface area contributed by atoms with E-state index in [4.69, 9.17) is 4.74 Å². The normalized spacial score (nSPS) is 18.8. The van der Waals surface area contributed by atoms with Crippen molar-refractivity contribution in [3.8, 4) is 5.75 Å². The Kier molecular flexibility index (Phi) is 4.86. The summed E-state index contributed by atoms with van der Waals surface area (Å²) in [6.45, 7) is 3.58. The van der Waals surface area contributed by atoms with E-state index in [-0.39, 0.29) is 17.8 Å². The number of rotatable bonds is 5. The Morgan fingerprint density at radius 3 is 2.91 bits per heavy atom. The van der Waals surface area contributed by atoms with Gasteiger partial charge in [-0.15, -0.1) is 0 Å². The first-order chi connectivity index (χ1) is 11.2. The summed E-state index contributed by atoms with van der Waals surface area (Å²) in [7, 11) is 0. The second-order valence-corrected chi connectivity index (χ2v) is 5.81. The Balaban J connectivity index is 1.96. The molecule has 3 nitrogen and oxygen atoms in total. The quantitative estimate of drug-likeness (QED) is 0.914. The summed E-state index contributed by atoms with van der Waals surface area (Å²) in [5.41, 5.74) is 1.45. The Hall–Kier alpha value is -2.01. The number of nitrogens with one attached hydrogen (secondary N) is 1. The summed E-state index contributed by atoms with van der Waals surface area (Å²) in [6, 6.07) is 5.99. The fraction of sp³-hybridized carbons (Fsp3) is 0.389. The lowest BCUT2D eigenvalue weighted by Crippen LogP contribution is -2.22. The topological polar surface area (TPSA) is 34.1 Å². The third-order valence-electron chi connectivity index (χ3n) is 4.25. The number of pyridine rings is 1. The van der Waals surface area contributed by atoms with Gasteiger partial charge in [0.05, 0.1) is 0 Å². The van der Waals surface area contributed by atoms with Crippen molar-refractivity contribution in [2.24, 2.45) is 5.92 Å². The first-order valence-electron chi connectivity index (χ1n) is 7.94.